The number of pyridine rings is 1. The van der Waals surface area contributed by atoms with Crippen LogP contribution in [0.1, 0.15) is 53.2 Å². The van der Waals surface area contributed by atoms with Crippen LogP contribution in [0.5, 0.6) is 5.75 Å². The molecule has 22 heavy (non-hydrogen) atoms. The summed E-state index contributed by atoms with van der Waals surface area (Å²) >= 11 is 3.48. The molecule has 1 aliphatic rings. The molecule has 0 aromatic carbocycles. The van der Waals surface area contributed by atoms with E-state index in [2.05, 4.69) is 15.9 Å². The lowest BCUT2D eigenvalue weighted by Gasteiger charge is -2.19. The highest BCUT2D eigenvalue weighted by molar-refractivity contribution is 9.09. The molecule has 0 fully saturated rings. The number of methoxy groups -OCH3 is 1. The summed E-state index contributed by atoms with van der Waals surface area (Å²) in [5.74, 6) is -0.630. The number of aromatic nitrogens is 1. The van der Waals surface area contributed by atoms with E-state index in [1.54, 1.807) is 4.57 Å². The second-order valence-electron chi connectivity index (χ2n) is 5.21. The maximum absolute atomic E-state index is 12.3. The number of fused-ring (bicyclic) bond motifs is 1. The van der Waals surface area contributed by atoms with Crippen LogP contribution in [0.4, 0.5) is 0 Å². The third-order valence-electron chi connectivity index (χ3n) is 3.74. The number of hydrogen-bond acceptors (Lipinski definition) is 5. The molecule has 0 radical (unpaired) electrons. The zero-order valence-corrected chi connectivity index (χ0v) is 14.3. The Morgan fingerprint density at radius 3 is 2.86 bits per heavy atom. The molecule has 1 aliphatic heterocycles. The van der Waals surface area contributed by atoms with Gasteiger partial charge in [-0.2, -0.15) is 0 Å². The number of aliphatic hydroxyl groups is 1. The van der Waals surface area contributed by atoms with Gasteiger partial charge in [0.1, 0.15) is 0 Å². The maximum Gasteiger partial charge on any atom is 0.358 e. The first-order chi connectivity index (χ1) is 10.5. The average Bonchev–Trinajstić information content (AvgIpc) is 2.83. The van der Waals surface area contributed by atoms with Crippen LogP contribution >= 0.6 is 15.9 Å². The van der Waals surface area contributed by atoms with Gasteiger partial charge >= 0.3 is 5.97 Å². The van der Waals surface area contributed by atoms with E-state index in [9.17, 15) is 14.7 Å². The van der Waals surface area contributed by atoms with Crippen LogP contribution < -0.4 is 10.2 Å². The van der Waals surface area contributed by atoms with Crippen LogP contribution in [0.15, 0.2) is 10.9 Å². The van der Waals surface area contributed by atoms with Crippen molar-refractivity contribution in [3.8, 4) is 5.75 Å². The number of carbonyl (C=O) groups is 1. The highest BCUT2D eigenvalue weighted by atomic mass is 79.9. The topological polar surface area (TPSA) is 77.8 Å². The Balaban J connectivity index is 2.59. The summed E-state index contributed by atoms with van der Waals surface area (Å²) in [5, 5.41) is 9.57. The Morgan fingerprint density at radius 2 is 2.27 bits per heavy atom. The van der Waals surface area contributed by atoms with E-state index < -0.39 is 5.97 Å². The summed E-state index contributed by atoms with van der Waals surface area (Å²) in [4.78, 5) is 24.4. The third-order valence-corrected chi connectivity index (χ3v) is 4.58. The summed E-state index contributed by atoms with van der Waals surface area (Å²) in [6, 6.07) is 1.17. The van der Waals surface area contributed by atoms with Gasteiger partial charge in [0.05, 0.1) is 31.2 Å². The predicted octanol–water partition coefficient (Wildman–Crippen LogP) is 2.19. The first-order valence-corrected chi connectivity index (χ1v) is 8.22. The molecule has 0 bridgehead atoms. The fraction of sp³-hybridized carbons (Fsp3) is 0.600. The number of nitrogens with zero attached hydrogens (tertiary/aromatic N) is 1. The molecular weight excluding hydrogens is 354 g/mol. The Bertz CT molecular complexity index is 613. The first-order valence-electron chi connectivity index (χ1n) is 7.30. The van der Waals surface area contributed by atoms with E-state index in [0.29, 0.717) is 18.7 Å². The third kappa shape index (κ3) is 3.05. The molecule has 2 heterocycles. The number of rotatable bonds is 6. The Morgan fingerprint density at radius 1 is 1.55 bits per heavy atom. The summed E-state index contributed by atoms with van der Waals surface area (Å²) in [6.07, 6.45) is 2.30. The molecule has 0 amide bonds. The molecule has 2 atom stereocenters. The summed E-state index contributed by atoms with van der Waals surface area (Å²) in [6.45, 7) is 2.24. The second kappa shape index (κ2) is 7.28. The van der Waals surface area contributed by atoms with Crippen LogP contribution in [-0.4, -0.2) is 36.0 Å². The van der Waals surface area contributed by atoms with E-state index >= 15 is 0 Å². The van der Waals surface area contributed by atoms with Gasteiger partial charge in [-0.1, -0.05) is 29.3 Å². The zero-order valence-electron chi connectivity index (χ0n) is 12.7. The number of halogens is 1. The highest BCUT2D eigenvalue weighted by Crippen LogP contribution is 2.41. The van der Waals surface area contributed by atoms with Gasteiger partial charge in [0.15, 0.2) is 11.4 Å². The van der Waals surface area contributed by atoms with Gasteiger partial charge in [-0.3, -0.25) is 4.79 Å². The van der Waals surface area contributed by atoms with Crippen molar-refractivity contribution in [3.63, 3.8) is 0 Å². The quantitative estimate of drug-likeness (QED) is 0.469. The minimum Gasteiger partial charge on any atom is -0.487 e. The van der Waals surface area contributed by atoms with Gasteiger partial charge in [-0.25, -0.2) is 4.79 Å². The SMILES string of the molecule is CCCCOc1c(C(=O)OC)n2c(cc1=O)C(Br)CC2CO. The molecule has 1 aromatic rings. The van der Waals surface area contributed by atoms with Crippen molar-refractivity contribution in [1.29, 1.82) is 0 Å². The van der Waals surface area contributed by atoms with Crippen LogP contribution in [0.3, 0.4) is 0 Å². The van der Waals surface area contributed by atoms with Gasteiger partial charge in [-0.15, -0.1) is 0 Å². The smallest absolute Gasteiger partial charge is 0.358 e. The van der Waals surface area contributed by atoms with Crippen molar-refractivity contribution < 1.29 is 19.4 Å². The van der Waals surface area contributed by atoms with Crippen molar-refractivity contribution in [2.24, 2.45) is 0 Å². The van der Waals surface area contributed by atoms with E-state index in [-0.39, 0.29) is 34.3 Å². The number of unbranched alkanes of at least 4 members (excludes halogenated alkanes) is 1. The number of alkyl halides is 1. The highest BCUT2D eigenvalue weighted by Gasteiger charge is 2.35. The summed E-state index contributed by atoms with van der Waals surface area (Å²) in [5.41, 5.74) is 0.403. The number of esters is 1. The van der Waals surface area contributed by atoms with E-state index in [0.717, 1.165) is 12.8 Å². The molecular formula is C15H20BrNO5. The van der Waals surface area contributed by atoms with Crippen LogP contribution in [0.25, 0.3) is 0 Å². The van der Waals surface area contributed by atoms with Gasteiger partial charge in [0.2, 0.25) is 5.43 Å². The van der Waals surface area contributed by atoms with Gasteiger partial charge in [0, 0.05) is 11.8 Å². The Hall–Kier alpha value is -1.34. The first kappa shape index (κ1) is 17.0. The minimum absolute atomic E-state index is 0.00380. The molecule has 0 saturated heterocycles. The van der Waals surface area contributed by atoms with E-state index in [1.165, 1.54) is 13.2 Å². The van der Waals surface area contributed by atoms with Gasteiger partial charge < -0.3 is 19.1 Å². The second-order valence-corrected chi connectivity index (χ2v) is 6.32. The molecule has 0 saturated carbocycles. The molecule has 6 nitrogen and oxygen atoms in total. The standard InChI is InChI=1S/C15H20BrNO5/c1-3-4-5-22-14-12(19)7-11-10(16)6-9(8-18)17(11)13(14)15(20)21-2/h7,9-10,18H,3-6,8H2,1-2H3. The normalized spacial score (nSPS) is 19.8. The lowest BCUT2D eigenvalue weighted by atomic mass is 10.2. The molecule has 7 heteroatoms. The fourth-order valence-corrected chi connectivity index (χ4v) is 3.41. The molecule has 1 aromatic heterocycles. The van der Waals surface area contributed by atoms with Crippen molar-refractivity contribution in [3.05, 3.63) is 27.7 Å². The maximum atomic E-state index is 12.3. The lowest BCUT2D eigenvalue weighted by molar-refractivity contribution is 0.0576. The fourth-order valence-electron chi connectivity index (χ4n) is 2.63. The van der Waals surface area contributed by atoms with E-state index in [4.69, 9.17) is 9.47 Å². The van der Waals surface area contributed by atoms with Gasteiger partial charge in [0.25, 0.3) is 0 Å². The molecule has 0 aliphatic carbocycles. The van der Waals surface area contributed by atoms with Gasteiger partial charge in [-0.05, 0) is 12.8 Å². The van der Waals surface area contributed by atoms with Crippen molar-refractivity contribution in [2.45, 2.75) is 37.1 Å². The molecule has 122 valence electrons. The average molecular weight is 374 g/mol. The number of aliphatic hydroxyl groups excluding tert-OH is 1. The molecule has 2 unspecified atom stereocenters. The molecule has 0 spiro atoms. The number of hydrogen-bond donors (Lipinski definition) is 1. The zero-order chi connectivity index (χ0) is 16.3. The molecule has 2 rings (SSSR count). The van der Waals surface area contributed by atoms with E-state index in [1.807, 2.05) is 6.92 Å². The Labute approximate surface area is 137 Å². The minimum atomic E-state index is -0.634. The summed E-state index contributed by atoms with van der Waals surface area (Å²) in [7, 11) is 1.26. The van der Waals surface area contributed by atoms with Crippen molar-refractivity contribution >= 4 is 21.9 Å². The van der Waals surface area contributed by atoms with Crippen molar-refractivity contribution in [2.75, 3.05) is 20.3 Å². The van der Waals surface area contributed by atoms with Crippen molar-refractivity contribution in [1.82, 2.24) is 4.57 Å². The number of carbonyl (C=O) groups excluding carboxylic acids is 1. The summed E-state index contributed by atoms with van der Waals surface area (Å²) < 4.78 is 12.0. The Kier molecular flexibility index (Phi) is 5.63. The van der Waals surface area contributed by atoms with Crippen LogP contribution in [0.2, 0.25) is 0 Å². The van der Waals surface area contributed by atoms with Crippen LogP contribution in [0, 0.1) is 0 Å². The molecule has 1 N–H and O–H groups in total. The predicted molar refractivity (Wildman–Crippen MR) is 84.9 cm³/mol. The monoisotopic (exact) mass is 373 g/mol. The largest absolute Gasteiger partial charge is 0.487 e. The van der Waals surface area contributed by atoms with Crippen LogP contribution in [-0.2, 0) is 4.74 Å². The lowest BCUT2D eigenvalue weighted by Crippen LogP contribution is -2.25. The number of ether oxygens (including phenoxy) is 2.